The summed E-state index contributed by atoms with van der Waals surface area (Å²) in [5.41, 5.74) is 1.88. The quantitative estimate of drug-likeness (QED) is 0.689. The molecule has 0 spiro atoms. The van der Waals surface area contributed by atoms with Crippen molar-refractivity contribution in [3.63, 3.8) is 0 Å². The van der Waals surface area contributed by atoms with E-state index in [1.54, 1.807) is 0 Å². The Labute approximate surface area is 92.9 Å². The van der Waals surface area contributed by atoms with Gasteiger partial charge in [0, 0.05) is 17.0 Å². The second-order valence-corrected chi connectivity index (χ2v) is 3.90. The van der Waals surface area contributed by atoms with E-state index in [0.717, 1.165) is 16.9 Å². The third kappa shape index (κ3) is 1.67. The number of hydrogen-bond acceptors (Lipinski definition) is 3. The fourth-order valence-electron chi connectivity index (χ4n) is 1.70. The molecule has 0 aliphatic carbocycles. The molecule has 1 aliphatic rings. The molecule has 0 saturated heterocycles. The molecule has 2 rings (SSSR count). The normalized spacial score (nSPS) is 18.2. The monoisotopic (exact) mass is 226 g/mol. The molecule has 1 unspecified atom stereocenters. The summed E-state index contributed by atoms with van der Waals surface area (Å²) in [5, 5.41) is 0.652. The van der Waals surface area contributed by atoms with Crippen LogP contribution >= 0.6 is 11.6 Å². The van der Waals surface area contributed by atoms with E-state index in [2.05, 4.69) is 4.74 Å². The molecule has 80 valence electrons. The standard InChI is InChI=1S/C11H11ClO3/c1-6-8(12)4-3-7-5-9(11(13)14-2)15-10(6)7/h3-4,9H,5H2,1-2H3. The molecule has 4 heteroatoms. The van der Waals surface area contributed by atoms with Crippen LogP contribution in [0.15, 0.2) is 12.1 Å². The van der Waals surface area contributed by atoms with E-state index in [4.69, 9.17) is 16.3 Å². The maximum Gasteiger partial charge on any atom is 0.347 e. The number of fused-ring (bicyclic) bond motifs is 1. The Bertz CT molecular complexity index is 415. The molecule has 1 aromatic carbocycles. The first-order chi connectivity index (χ1) is 7.13. The highest BCUT2D eigenvalue weighted by atomic mass is 35.5. The average Bonchev–Trinajstić information content (AvgIpc) is 2.67. The minimum absolute atomic E-state index is 0.346. The van der Waals surface area contributed by atoms with Crippen LogP contribution in [-0.2, 0) is 16.0 Å². The molecule has 0 saturated carbocycles. The van der Waals surface area contributed by atoms with E-state index in [9.17, 15) is 4.79 Å². The zero-order valence-electron chi connectivity index (χ0n) is 8.54. The molecule has 1 atom stereocenters. The molecule has 0 fully saturated rings. The fourth-order valence-corrected chi connectivity index (χ4v) is 1.84. The van der Waals surface area contributed by atoms with Crippen molar-refractivity contribution in [1.82, 2.24) is 0 Å². The number of rotatable bonds is 1. The van der Waals surface area contributed by atoms with Crippen molar-refractivity contribution in [3.8, 4) is 5.75 Å². The van der Waals surface area contributed by atoms with Crippen molar-refractivity contribution in [2.45, 2.75) is 19.4 Å². The van der Waals surface area contributed by atoms with Crippen LogP contribution in [0.1, 0.15) is 11.1 Å². The van der Waals surface area contributed by atoms with Crippen LogP contribution in [0.25, 0.3) is 0 Å². The molecule has 0 radical (unpaired) electrons. The minimum Gasteiger partial charge on any atom is -0.478 e. The summed E-state index contributed by atoms with van der Waals surface area (Å²) in [6, 6.07) is 3.70. The summed E-state index contributed by atoms with van der Waals surface area (Å²) in [6.45, 7) is 1.88. The second-order valence-electron chi connectivity index (χ2n) is 3.49. The van der Waals surface area contributed by atoms with Gasteiger partial charge in [-0.1, -0.05) is 17.7 Å². The molecule has 15 heavy (non-hydrogen) atoms. The van der Waals surface area contributed by atoms with E-state index in [1.807, 2.05) is 19.1 Å². The van der Waals surface area contributed by atoms with Crippen LogP contribution in [0.4, 0.5) is 0 Å². The number of hydrogen-bond donors (Lipinski definition) is 0. The van der Waals surface area contributed by atoms with Gasteiger partial charge in [0.05, 0.1) is 7.11 Å². The lowest BCUT2D eigenvalue weighted by atomic mass is 10.1. The van der Waals surface area contributed by atoms with Gasteiger partial charge in [-0.05, 0) is 18.6 Å². The number of carbonyl (C=O) groups is 1. The maximum absolute atomic E-state index is 11.3. The van der Waals surface area contributed by atoms with Gasteiger partial charge >= 0.3 is 5.97 Å². The third-order valence-electron chi connectivity index (χ3n) is 2.55. The molecule has 0 aromatic heterocycles. The van der Waals surface area contributed by atoms with E-state index in [-0.39, 0.29) is 5.97 Å². The highest BCUT2D eigenvalue weighted by Crippen LogP contribution is 2.36. The summed E-state index contributed by atoms with van der Waals surface area (Å²) in [6.07, 6.45) is 0.0298. The van der Waals surface area contributed by atoms with Gasteiger partial charge in [0.2, 0.25) is 0 Å². The lowest BCUT2D eigenvalue weighted by molar-refractivity contribution is -0.147. The second kappa shape index (κ2) is 3.74. The van der Waals surface area contributed by atoms with E-state index in [0.29, 0.717) is 11.4 Å². The van der Waals surface area contributed by atoms with Crippen molar-refractivity contribution in [2.75, 3.05) is 7.11 Å². The summed E-state index contributed by atoms with van der Waals surface area (Å²) in [4.78, 5) is 11.3. The number of esters is 1. The number of carbonyl (C=O) groups excluding carboxylic acids is 1. The first-order valence-electron chi connectivity index (χ1n) is 4.66. The van der Waals surface area contributed by atoms with Crippen molar-refractivity contribution in [1.29, 1.82) is 0 Å². The van der Waals surface area contributed by atoms with Gasteiger partial charge in [-0.15, -0.1) is 0 Å². The molecule has 3 nitrogen and oxygen atoms in total. The highest BCUT2D eigenvalue weighted by Gasteiger charge is 2.31. The molecule has 1 heterocycles. The van der Waals surface area contributed by atoms with Gasteiger partial charge in [0.25, 0.3) is 0 Å². The Kier molecular flexibility index (Phi) is 2.57. The average molecular weight is 227 g/mol. The molecule has 1 aliphatic heterocycles. The van der Waals surface area contributed by atoms with Crippen molar-refractivity contribution in [3.05, 3.63) is 28.3 Å². The molecule has 0 amide bonds. The smallest absolute Gasteiger partial charge is 0.347 e. The maximum atomic E-state index is 11.3. The molecular weight excluding hydrogens is 216 g/mol. The summed E-state index contributed by atoms with van der Waals surface area (Å²) in [5.74, 6) is 0.375. The van der Waals surface area contributed by atoms with Crippen molar-refractivity contribution >= 4 is 17.6 Å². The largest absolute Gasteiger partial charge is 0.478 e. The summed E-state index contributed by atoms with van der Waals surface area (Å²) >= 11 is 5.96. The van der Waals surface area contributed by atoms with Crippen LogP contribution in [0.3, 0.4) is 0 Å². The molecule has 0 N–H and O–H groups in total. The number of benzene rings is 1. The Morgan fingerprint density at radius 3 is 3.00 bits per heavy atom. The van der Waals surface area contributed by atoms with E-state index in [1.165, 1.54) is 7.11 Å². The Morgan fingerprint density at radius 2 is 2.33 bits per heavy atom. The van der Waals surface area contributed by atoms with Crippen molar-refractivity contribution < 1.29 is 14.3 Å². The highest BCUT2D eigenvalue weighted by molar-refractivity contribution is 6.31. The van der Waals surface area contributed by atoms with Crippen LogP contribution in [0.5, 0.6) is 5.75 Å². The van der Waals surface area contributed by atoms with Crippen LogP contribution in [0.2, 0.25) is 5.02 Å². The van der Waals surface area contributed by atoms with Gasteiger partial charge in [-0.2, -0.15) is 0 Å². The Morgan fingerprint density at radius 1 is 1.60 bits per heavy atom. The zero-order chi connectivity index (χ0) is 11.0. The SMILES string of the molecule is COC(=O)C1Cc2ccc(Cl)c(C)c2O1. The fraction of sp³-hybridized carbons (Fsp3) is 0.364. The zero-order valence-corrected chi connectivity index (χ0v) is 9.30. The van der Waals surface area contributed by atoms with E-state index >= 15 is 0 Å². The van der Waals surface area contributed by atoms with Crippen molar-refractivity contribution in [2.24, 2.45) is 0 Å². The number of methoxy groups -OCH3 is 1. The van der Waals surface area contributed by atoms with Crippen LogP contribution < -0.4 is 4.74 Å². The van der Waals surface area contributed by atoms with Gasteiger partial charge in [0.1, 0.15) is 5.75 Å². The molecule has 0 bridgehead atoms. The number of halogens is 1. The minimum atomic E-state index is -0.526. The van der Waals surface area contributed by atoms with Gasteiger partial charge in [-0.25, -0.2) is 4.79 Å². The number of ether oxygens (including phenoxy) is 2. The topological polar surface area (TPSA) is 35.5 Å². The first-order valence-corrected chi connectivity index (χ1v) is 5.03. The Hall–Kier alpha value is -1.22. The Balaban J connectivity index is 2.31. The van der Waals surface area contributed by atoms with Gasteiger partial charge in [0.15, 0.2) is 6.10 Å². The lowest BCUT2D eigenvalue weighted by Crippen LogP contribution is -2.26. The first kappa shape index (κ1) is 10.3. The van der Waals surface area contributed by atoms with E-state index < -0.39 is 6.10 Å². The lowest BCUT2D eigenvalue weighted by Gasteiger charge is -2.09. The molecule has 1 aromatic rings. The third-order valence-corrected chi connectivity index (χ3v) is 2.96. The predicted molar refractivity (Wildman–Crippen MR) is 56.3 cm³/mol. The molecular formula is C11H11ClO3. The van der Waals surface area contributed by atoms with Crippen LogP contribution in [-0.4, -0.2) is 19.2 Å². The van der Waals surface area contributed by atoms with Gasteiger partial charge < -0.3 is 9.47 Å². The predicted octanol–water partition coefficient (Wildman–Crippen LogP) is 2.12. The summed E-state index contributed by atoms with van der Waals surface area (Å²) in [7, 11) is 1.36. The van der Waals surface area contributed by atoms with Crippen LogP contribution in [0, 0.1) is 6.92 Å². The van der Waals surface area contributed by atoms with Gasteiger partial charge in [-0.3, -0.25) is 0 Å². The summed E-state index contributed by atoms with van der Waals surface area (Å²) < 4.78 is 10.2.